The molecule has 38 heavy (non-hydrogen) atoms. The molecule has 10 nitrogen and oxygen atoms in total. The fourth-order valence-electron chi connectivity index (χ4n) is 4.29. The molecule has 2 heterocycles. The number of aromatic nitrogens is 2. The van der Waals surface area contributed by atoms with Crippen molar-refractivity contribution in [2.45, 2.75) is 12.8 Å². The zero-order chi connectivity index (χ0) is 26.9. The third-order valence-electron chi connectivity index (χ3n) is 6.28. The van der Waals surface area contributed by atoms with Crippen LogP contribution >= 0.6 is 11.6 Å². The van der Waals surface area contributed by atoms with E-state index in [1.54, 1.807) is 25.3 Å². The van der Waals surface area contributed by atoms with E-state index in [4.69, 9.17) is 26.3 Å². The van der Waals surface area contributed by atoms with Crippen molar-refractivity contribution in [3.63, 3.8) is 0 Å². The minimum absolute atomic E-state index is 0.121. The first-order valence-electron chi connectivity index (χ1n) is 12.2. The lowest BCUT2D eigenvalue weighted by atomic mass is 10.0. The molecule has 1 aliphatic heterocycles. The Labute approximate surface area is 226 Å². The molecule has 1 aromatic heterocycles. The number of nitrogens with zero attached hydrogens (tertiary/aromatic N) is 4. The number of hydrogen-bond acceptors (Lipinski definition) is 9. The largest absolute Gasteiger partial charge is 0.495 e. The topological polar surface area (TPSA) is 124 Å². The third-order valence-corrected chi connectivity index (χ3v) is 6.55. The molecular weight excluding hydrogens is 506 g/mol. The van der Waals surface area contributed by atoms with Gasteiger partial charge in [0.1, 0.15) is 17.3 Å². The fraction of sp³-hybridized carbons (Fsp3) is 0.333. The van der Waals surface area contributed by atoms with Crippen LogP contribution in [0.1, 0.15) is 21.5 Å². The molecule has 4 rings (SSSR count). The Morgan fingerprint density at radius 2 is 1.97 bits per heavy atom. The number of benzene rings is 2. The van der Waals surface area contributed by atoms with Crippen molar-refractivity contribution in [2.24, 2.45) is 0 Å². The van der Waals surface area contributed by atoms with Crippen molar-refractivity contribution in [3.05, 3.63) is 64.3 Å². The number of ether oxygens (including phenoxy) is 2. The average molecular weight is 536 g/mol. The van der Waals surface area contributed by atoms with Crippen LogP contribution < -0.4 is 20.7 Å². The van der Waals surface area contributed by atoms with Crippen molar-refractivity contribution in [3.8, 4) is 11.8 Å². The lowest BCUT2D eigenvalue weighted by Gasteiger charge is -2.18. The minimum Gasteiger partial charge on any atom is -0.495 e. The highest BCUT2D eigenvalue weighted by Crippen LogP contribution is 2.34. The van der Waals surface area contributed by atoms with Gasteiger partial charge in [0, 0.05) is 32.4 Å². The molecule has 0 atom stereocenters. The van der Waals surface area contributed by atoms with Crippen LogP contribution in [0.2, 0.25) is 5.02 Å². The van der Waals surface area contributed by atoms with Crippen LogP contribution in [0.25, 0.3) is 0 Å². The Bertz CT molecular complexity index is 1330. The van der Waals surface area contributed by atoms with Gasteiger partial charge in [0.05, 0.1) is 37.2 Å². The second-order valence-electron chi connectivity index (χ2n) is 8.68. The summed E-state index contributed by atoms with van der Waals surface area (Å²) in [6.45, 7) is 3.53. The van der Waals surface area contributed by atoms with Gasteiger partial charge in [0.2, 0.25) is 5.95 Å². The number of fused-ring (bicyclic) bond motifs is 1. The predicted octanol–water partition coefficient (Wildman–Crippen LogP) is 3.93. The quantitative estimate of drug-likeness (QED) is 0.331. The summed E-state index contributed by atoms with van der Waals surface area (Å²) in [6.07, 6.45) is 3.43. The Morgan fingerprint density at radius 1 is 1.16 bits per heavy atom. The number of nitrogens with one attached hydrogen (secondary N) is 3. The second kappa shape index (κ2) is 13.1. The van der Waals surface area contributed by atoms with E-state index in [1.807, 2.05) is 12.1 Å². The van der Waals surface area contributed by atoms with E-state index < -0.39 is 5.91 Å². The molecule has 1 aliphatic rings. The number of halogens is 1. The van der Waals surface area contributed by atoms with Gasteiger partial charge < -0.3 is 30.3 Å². The highest BCUT2D eigenvalue weighted by Gasteiger charge is 2.18. The summed E-state index contributed by atoms with van der Waals surface area (Å²) in [6, 6.07) is 13.2. The van der Waals surface area contributed by atoms with Gasteiger partial charge in [0.25, 0.3) is 5.91 Å². The highest BCUT2D eigenvalue weighted by molar-refractivity contribution is 6.33. The van der Waals surface area contributed by atoms with Gasteiger partial charge in [0.15, 0.2) is 5.82 Å². The number of nitriles is 1. The van der Waals surface area contributed by atoms with Crippen LogP contribution in [0.4, 0.5) is 23.1 Å². The first-order chi connectivity index (χ1) is 18.5. The number of para-hydroxylation sites is 1. The molecule has 0 spiro atoms. The van der Waals surface area contributed by atoms with E-state index in [2.05, 4.69) is 43.0 Å². The van der Waals surface area contributed by atoms with Crippen LogP contribution in [0.15, 0.2) is 42.6 Å². The van der Waals surface area contributed by atoms with Gasteiger partial charge in [-0.15, -0.1) is 0 Å². The van der Waals surface area contributed by atoms with Crippen LogP contribution in [-0.4, -0.2) is 67.8 Å². The van der Waals surface area contributed by atoms with Crippen molar-refractivity contribution in [2.75, 3.05) is 57.6 Å². The molecule has 3 N–H and O–H groups in total. The number of rotatable bonds is 10. The Kier molecular flexibility index (Phi) is 9.32. The molecule has 0 bridgehead atoms. The first kappa shape index (κ1) is 27.1. The zero-order valence-corrected chi connectivity index (χ0v) is 22.1. The molecule has 3 aromatic rings. The van der Waals surface area contributed by atoms with Crippen LogP contribution in [-0.2, 0) is 17.6 Å². The lowest BCUT2D eigenvalue weighted by molar-refractivity contribution is 0.0959. The van der Waals surface area contributed by atoms with E-state index in [0.29, 0.717) is 23.2 Å². The Balaban J connectivity index is 1.54. The summed E-state index contributed by atoms with van der Waals surface area (Å²) in [5.74, 6) is 0.635. The van der Waals surface area contributed by atoms with Crippen LogP contribution in [0.5, 0.6) is 5.75 Å². The number of hydrogen-bond donors (Lipinski definition) is 3. The standard InChI is InChI=1S/C27H30ClN7O3/c1-37-15-14-35-12-8-18-6-7-20(16-19(18)9-13-35)32-27-31-17-22(28)25(34-27)33-24-21(26(36)30-11-10-29)4-3-5-23(24)38-2/h3-7,16-17H,8-9,11-15H2,1-2H3,(H,30,36)(H2,31,32,33,34). The van der Waals surface area contributed by atoms with Crippen molar-refractivity contribution in [1.29, 1.82) is 5.26 Å². The number of carbonyl (C=O) groups is 1. The molecule has 0 unspecified atom stereocenters. The van der Waals surface area contributed by atoms with E-state index in [9.17, 15) is 4.79 Å². The maximum Gasteiger partial charge on any atom is 0.254 e. The third kappa shape index (κ3) is 6.69. The molecule has 11 heteroatoms. The smallest absolute Gasteiger partial charge is 0.254 e. The maximum absolute atomic E-state index is 12.6. The van der Waals surface area contributed by atoms with Crippen molar-refractivity contribution in [1.82, 2.24) is 20.2 Å². The normalized spacial score (nSPS) is 13.1. The van der Waals surface area contributed by atoms with Crippen molar-refractivity contribution >= 4 is 40.6 Å². The van der Waals surface area contributed by atoms with Gasteiger partial charge in [-0.25, -0.2) is 4.98 Å². The number of amides is 1. The number of carbonyl (C=O) groups excluding carboxylic acids is 1. The Morgan fingerprint density at radius 3 is 2.74 bits per heavy atom. The van der Waals surface area contributed by atoms with Gasteiger partial charge in [-0.2, -0.15) is 10.2 Å². The van der Waals surface area contributed by atoms with Gasteiger partial charge in [-0.1, -0.05) is 23.7 Å². The number of methoxy groups -OCH3 is 2. The van der Waals surface area contributed by atoms with Crippen LogP contribution in [0.3, 0.4) is 0 Å². The highest BCUT2D eigenvalue weighted by atomic mass is 35.5. The van der Waals surface area contributed by atoms with Gasteiger partial charge >= 0.3 is 0 Å². The van der Waals surface area contributed by atoms with E-state index in [1.165, 1.54) is 24.4 Å². The molecule has 2 aromatic carbocycles. The second-order valence-corrected chi connectivity index (χ2v) is 9.09. The maximum atomic E-state index is 12.6. The summed E-state index contributed by atoms with van der Waals surface area (Å²) in [5.41, 5.74) is 4.17. The van der Waals surface area contributed by atoms with Gasteiger partial charge in [-0.05, 0) is 48.2 Å². The zero-order valence-electron chi connectivity index (χ0n) is 21.4. The molecule has 0 fully saturated rings. The molecule has 198 valence electrons. The fourth-order valence-corrected chi connectivity index (χ4v) is 4.43. The SMILES string of the molecule is COCCN1CCc2ccc(Nc3ncc(Cl)c(Nc4c(OC)cccc4C(=O)NCC#N)n3)cc2CC1. The average Bonchev–Trinajstić information content (AvgIpc) is 3.14. The van der Waals surface area contributed by atoms with Gasteiger partial charge in [-0.3, -0.25) is 4.79 Å². The molecule has 0 saturated heterocycles. The van der Waals surface area contributed by atoms with E-state index >= 15 is 0 Å². The molecular formula is C27H30ClN7O3. The predicted molar refractivity (Wildman–Crippen MR) is 147 cm³/mol. The summed E-state index contributed by atoms with van der Waals surface area (Å²) >= 11 is 6.41. The molecule has 0 radical (unpaired) electrons. The first-order valence-corrected chi connectivity index (χ1v) is 12.6. The Hall–Kier alpha value is -3.91. The van der Waals surface area contributed by atoms with Crippen LogP contribution in [0, 0.1) is 11.3 Å². The summed E-state index contributed by atoms with van der Waals surface area (Å²) in [7, 11) is 3.23. The molecule has 0 saturated carbocycles. The number of anilines is 4. The van der Waals surface area contributed by atoms with Crippen molar-refractivity contribution < 1.29 is 14.3 Å². The monoisotopic (exact) mass is 535 g/mol. The summed E-state index contributed by atoms with van der Waals surface area (Å²) in [5, 5.41) is 18.0. The van der Waals surface area contributed by atoms with E-state index in [-0.39, 0.29) is 17.1 Å². The molecule has 0 aliphatic carbocycles. The minimum atomic E-state index is -0.428. The van der Waals surface area contributed by atoms with E-state index in [0.717, 1.165) is 44.8 Å². The summed E-state index contributed by atoms with van der Waals surface area (Å²) in [4.78, 5) is 23.9. The lowest BCUT2D eigenvalue weighted by Crippen LogP contribution is -2.29. The summed E-state index contributed by atoms with van der Waals surface area (Å²) < 4.78 is 10.7. The molecule has 1 amide bonds.